The summed E-state index contributed by atoms with van der Waals surface area (Å²) in [4.78, 5) is 0. The van der Waals surface area contributed by atoms with Crippen molar-refractivity contribution in [3.8, 4) is 11.5 Å². The number of hydrogen-bond donors (Lipinski definition) is 1. The number of benzene rings is 2. The zero-order chi connectivity index (χ0) is 14.7. The van der Waals surface area contributed by atoms with Crippen LogP contribution in [0.2, 0.25) is 10.0 Å². The predicted octanol–water partition coefficient (Wildman–Crippen LogP) is 5.44. The van der Waals surface area contributed by atoms with Gasteiger partial charge in [-0.3, -0.25) is 0 Å². The Morgan fingerprint density at radius 3 is 2.35 bits per heavy atom. The maximum Gasteiger partial charge on any atom is 0.141 e. The van der Waals surface area contributed by atoms with Gasteiger partial charge in [0.2, 0.25) is 0 Å². The third-order valence-electron chi connectivity index (χ3n) is 2.62. The molecule has 5 heteroatoms. The van der Waals surface area contributed by atoms with Gasteiger partial charge in [0.15, 0.2) is 0 Å². The first-order chi connectivity index (χ1) is 9.44. The zero-order valence-corrected chi connectivity index (χ0v) is 14.0. The molecule has 1 atom stereocenters. The minimum Gasteiger partial charge on any atom is -0.456 e. The summed E-state index contributed by atoms with van der Waals surface area (Å²) >= 11 is 15.4. The molecule has 0 aromatic heterocycles. The standard InChI is InChI=1S/C15H14BrCl2NO/c1-9(19)4-10-2-3-15(14(16)5-10)20-13-7-11(17)6-12(18)8-13/h2-3,5-9H,4,19H2,1H3. The highest BCUT2D eigenvalue weighted by atomic mass is 79.9. The first-order valence-corrected chi connectivity index (χ1v) is 7.67. The number of nitrogens with two attached hydrogens (primary N) is 1. The fourth-order valence-corrected chi connectivity index (χ4v) is 2.85. The molecule has 0 saturated carbocycles. The molecule has 0 aliphatic rings. The van der Waals surface area contributed by atoms with E-state index in [1.807, 2.05) is 25.1 Å². The van der Waals surface area contributed by atoms with Gasteiger partial charge in [0, 0.05) is 16.1 Å². The van der Waals surface area contributed by atoms with Crippen molar-refractivity contribution in [2.45, 2.75) is 19.4 Å². The van der Waals surface area contributed by atoms with Crippen LogP contribution in [0, 0.1) is 0 Å². The van der Waals surface area contributed by atoms with Gasteiger partial charge in [0.05, 0.1) is 4.47 Å². The fraction of sp³-hybridized carbons (Fsp3) is 0.200. The molecule has 0 amide bonds. The van der Waals surface area contributed by atoms with Crippen molar-refractivity contribution in [2.75, 3.05) is 0 Å². The van der Waals surface area contributed by atoms with Gasteiger partial charge in [-0.2, -0.15) is 0 Å². The second kappa shape index (κ2) is 6.81. The quantitative estimate of drug-likeness (QED) is 0.773. The third kappa shape index (κ3) is 4.38. The van der Waals surface area contributed by atoms with Gasteiger partial charge >= 0.3 is 0 Å². The number of ether oxygens (including phenoxy) is 1. The summed E-state index contributed by atoms with van der Waals surface area (Å²) in [6.45, 7) is 1.98. The molecular weight excluding hydrogens is 361 g/mol. The topological polar surface area (TPSA) is 35.2 Å². The molecule has 2 N–H and O–H groups in total. The van der Waals surface area contributed by atoms with Crippen LogP contribution in [-0.2, 0) is 6.42 Å². The first-order valence-electron chi connectivity index (χ1n) is 6.12. The van der Waals surface area contributed by atoms with E-state index in [1.54, 1.807) is 18.2 Å². The lowest BCUT2D eigenvalue weighted by molar-refractivity contribution is 0.479. The van der Waals surface area contributed by atoms with Crippen LogP contribution in [0.5, 0.6) is 11.5 Å². The van der Waals surface area contributed by atoms with Crippen molar-refractivity contribution in [1.29, 1.82) is 0 Å². The van der Waals surface area contributed by atoms with Crippen LogP contribution >= 0.6 is 39.1 Å². The van der Waals surface area contributed by atoms with Crippen LogP contribution in [-0.4, -0.2) is 6.04 Å². The highest BCUT2D eigenvalue weighted by Crippen LogP contribution is 2.33. The molecule has 2 nitrogen and oxygen atoms in total. The van der Waals surface area contributed by atoms with Gasteiger partial charge in [0.1, 0.15) is 11.5 Å². The molecule has 1 unspecified atom stereocenters. The van der Waals surface area contributed by atoms with E-state index in [4.69, 9.17) is 33.7 Å². The number of rotatable bonds is 4. The summed E-state index contributed by atoms with van der Waals surface area (Å²) in [5.74, 6) is 1.31. The molecule has 0 fully saturated rings. The molecule has 0 radical (unpaired) electrons. The molecule has 20 heavy (non-hydrogen) atoms. The molecule has 0 spiro atoms. The van der Waals surface area contributed by atoms with Crippen LogP contribution in [0.25, 0.3) is 0 Å². The van der Waals surface area contributed by atoms with E-state index in [2.05, 4.69) is 15.9 Å². The molecule has 106 valence electrons. The molecular formula is C15H14BrCl2NO. The van der Waals surface area contributed by atoms with E-state index < -0.39 is 0 Å². The lowest BCUT2D eigenvalue weighted by Gasteiger charge is -2.11. The highest BCUT2D eigenvalue weighted by Gasteiger charge is 2.07. The Kier molecular flexibility index (Phi) is 5.33. The van der Waals surface area contributed by atoms with Crippen LogP contribution < -0.4 is 10.5 Å². The van der Waals surface area contributed by atoms with E-state index in [0.717, 1.165) is 16.5 Å². The van der Waals surface area contributed by atoms with Crippen molar-refractivity contribution in [3.05, 3.63) is 56.5 Å². The molecule has 0 bridgehead atoms. The summed E-state index contributed by atoms with van der Waals surface area (Å²) in [6, 6.07) is 11.1. The minimum absolute atomic E-state index is 0.125. The summed E-state index contributed by atoms with van der Waals surface area (Å²) in [5.41, 5.74) is 6.95. The summed E-state index contributed by atoms with van der Waals surface area (Å²) in [7, 11) is 0. The van der Waals surface area contributed by atoms with Crippen molar-refractivity contribution < 1.29 is 4.74 Å². The van der Waals surface area contributed by atoms with Crippen LogP contribution in [0.3, 0.4) is 0 Å². The van der Waals surface area contributed by atoms with Gasteiger partial charge in [-0.05, 0) is 65.2 Å². The van der Waals surface area contributed by atoms with E-state index in [0.29, 0.717) is 21.5 Å². The summed E-state index contributed by atoms with van der Waals surface area (Å²) < 4.78 is 6.65. The average Bonchev–Trinajstić information content (AvgIpc) is 2.30. The molecule has 0 aliphatic heterocycles. The Hall–Kier alpha value is -0.740. The fourth-order valence-electron chi connectivity index (χ4n) is 1.84. The van der Waals surface area contributed by atoms with E-state index in [9.17, 15) is 0 Å². The molecule has 2 aromatic carbocycles. The SMILES string of the molecule is CC(N)Cc1ccc(Oc2cc(Cl)cc(Cl)c2)c(Br)c1. The maximum atomic E-state index is 5.95. The Balaban J connectivity index is 2.21. The second-order valence-electron chi connectivity index (χ2n) is 4.65. The number of hydrogen-bond acceptors (Lipinski definition) is 2. The van der Waals surface area contributed by atoms with E-state index >= 15 is 0 Å². The average molecular weight is 375 g/mol. The van der Waals surface area contributed by atoms with Crippen molar-refractivity contribution >= 4 is 39.1 Å². The zero-order valence-electron chi connectivity index (χ0n) is 10.9. The van der Waals surface area contributed by atoms with Crippen LogP contribution in [0.1, 0.15) is 12.5 Å². The van der Waals surface area contributed by atoms with Gasteiger partial charge in [-0.25, -0.2) is 0 Å². The normalized spacial score (nSPS) is 12.2. The highest BCUT2D eigenvalue weighted by molar-refractivity contribution is 9.10. The van der Waals surface area contributed by atoms with Crippen LogP contribution in [0.4, 0.5) is 0 Å². The summed E-state index contributed by atoms with van der Waals surface area (Å²) in [6.07, 6.45) is 0.821. The first kappa shape index (κ1) is 15.6. The van der Waals surface area contributed by atoms with Crippen molar-refractivity contribution in [2.24, 2.45) is 5.73 Å². The van der Waals surface area contributed by atoms with Crippen LogP contribution in [0.15, 0.2) is 40.9 Å². The third-order valence-corrected chi connectivity index (χ3v) is 3.67. The van der Waals surface area contributed by atoms with Gasteiger partial charge in [-0.1, -0.05) is 29.3 Å². The molecule has 0 aliphatic carbocycles. The Bertz CT molecular complexity index is 597. The lowest BCUT2D eigenvalue weighted by Crippen LogP contribution is -2.17. The second-order valence-corrected chi connectivity index (χ2v) is 6.38. The molecule has 2 aromatic rings. The smallest absolute Gasteiger partial charge is 0.141 e. The van der Waals surface area contributed by atoms with Crippen molar-refractivity contribution in [3.63, 3.8) is 0 Å². The predicted molar refractivity (Wildman–Crippen MR) is 88.0 cm³/mol. The van der Waals surface area contributed by atoms with Gasteiger partial charge in [-0.15, -0.1) is 0 Å². The molecule has 2 rings (SSSR count). The van der Waals surface area contributed by atoms with E-state index in [1.165, 1.54) is 0 Å². The number of halogens is 3. The Morgan fingerprint density at radius 2 is 1.80 bits per heavy atom. The minimum atomic E-state index is 0.125. The largest absolute Gasteiger partial charge is 0.456 e. The Morgan fingerprint density at radius 1 is 1.15 bits per heavy atom. The Labute approximate surface area is 137 Å². The maximum absolute atomic E-state index is 5.95. The van der Waals surface area contributed by atoms with E-state index in [-0.39, 0.29) is 6.04 Å². The monoisotopic (exact) mass is 373 g/mol. The molecule has 0 heterocycles. The summed E-state index contributed by atoms with van der Waals surface area (Å²) in [5, 5.41) is 1.08. The molecule has 0 saturated heterocycles. The van der Waals surface area contributed by atoms with Crippen molar-refractivity contribution in [1.82, 2.24) is 0 Å². The van der Waals surface area contributed by atoms with Gasteiger partial charge < -0.3 is 10.5 Å². The lowest BCUT2D eigenvalue weighted by atomic mass is 10.1. The van der Waals surface area contributed by atoms with Gasteiger partial charge in [0.25, 0.3) is 0 Å².